The van der Waals surface area contributed by atoms with E-state index in [1.54, 1.807) is 25.2 Å². The summed E-state index contributed by atoms with van der Waals surface area (Å²) < 4.78 is 27.1. The lowest BCUT2D eigenvalue weighted by Crippen LogP contribution is -2.35. The van der Waals surface area contributed by atoms with E-state index in [1.807, 2.05) is 6.07 Å². The van der Waals surface area contributed by atoms with Gasteiger partial charge in [-0.15, -0.1) is 0 Å². The van der Waals surface area contributed by atoms with Gasteiger partial charge in [-0.3, -0.25) is 0 Å². The Morgan fingerprint density at radius 3 is 2.53 bits per heavy atom. The number of sulfonamides is 1. The SMILES string of the molecule is CN(C1CCCC1)S(=O)(=O)c1cccc(Br)c1. The molecule has 2 rings (SSSR count). The van der Waals surface area contributed by atoms with Gasteiger partial charge in [0.15, 0.2) is 0 Å². The molecule has 0 amide bonds. The van der Waals surface area contributed by atoms with Crippen LogP contribution in [0.5, 0.6) is 0 Å². The van der Waals surface area contributed by atoms with Crippen molar-refractivity contribution >= 4 is 26.0 Å². The first-order valence-electron chi connectivity index (χ1n) is 5.75. The Kier molecular flexibility index (Phi) is 3.90. The molecule has 0 aromatic heterocycles. The third-order valence-corrected chi connectivity index (χ3v) is 5.71. The van der Waals surface area contributed by atoms with Gasteiger partial charge < -0.3 is 0 Å². The maximum absolute atomic E-state index is 12.4. The second kappa shape index (κ2) is 5.08. The van der Waals surface area contributed by atoms with Crippen molar-refractivity contribution in [2.75, 3.05) is 7.05 Å². The molecular formula is C12H16BrNO2S. The van der Waals surface area contributed by atoms with Crippen molar-refractivity contribution in [1.29, 1.82) is 0 Å². The van der Waals surface area contributed by atoms with E-state index in [1.165, 1.54) is 4.31 Å². The van der Waals surface area contributed by atoms with Gasteiger partial charge in [0.25, 0.3) is 0 Å². The van der Waals surface area contributed by atoms with Gasteiger partial charge in [0.05, 0.1) is 4.90 Å². The van der Waals surface area contributed by atoms with Crippen LogP contribution in [-0.4, -0.2) is 25.8 Å². The quantitative estimate of drug-likeness (QED) is 0.859. The van der Waals surface area contributed by atoms with Crippen LogP contribution in [0.1, 0.15) is 25.7 Å². The second-order valence-corrected chi connectivity index (χ2v) is 7.33. The number of rotatable bonds is 3. The number of benzene rings is 1. The summed E-state index contributed by atoms with van der Waals surface area (Å²) in [5.41, 5.74) is 0. The zero-order valence-corrected chi connectivity index (χ0v) is 12.2. The molecule has 0 heterocycles. The highest BCUT2D eigenvalue weighted by molar-refractivity contribution is 9.10. The molecule has 1 aliphatic carbocycles. The van der Waals surface area contributed by atoms with Gasteiger partial charge in [0, 0.05) is 17.6 Å². The summed E-state index contributed by atoms with van der Waals surface area (Å²) in [5.74, 6) is 0. The zero-order chi connectivity index (χ0) is 12.5. The Morgan fingerprint density at radius 1 is 1.29 bits per heavy atom. The minimum atomic E-state index is -3.34. The summed E-state index contributed by atoms with van der Waals surface area (Å²) in [6.07, 6.45) is 4.21. The van der Waals surface area contributed by atoms with E-state index in [0.29, 0.717) is 4.90 Å². The van der Waals surface area contributed by atoms with Gasteiger partial charge in [-0.2, -0.15) is 4.31 Å². The van der Waals surface area contributed by atoms with Crippen LogP contribution >= 0.6 is 15.9 Å². The molecule has 0 saturated heterocycles. The summed E-state index contributed by atoms with van der Waals surface area (Å²) in [4.78, 5) is 0.362. The second-order valence-electron chi connectivity index (χ2n) is 4.42. The molecule has 0 spiro atoms. The lowest BCUT2D eigenvalue weighted by Gasteiger charge is -2.23. The Morgan fingerprint density at radius 2 is 1.94 bits per heavy atom. The molecule has 1 aliphatic rings. The van der Waals surface area contributed by atoms with E-state index in [-0.39, 0.29) is 6.04 Å². The highest BCUT2D eigenvalue weighted by Crippen LogP contribution is 2.27. The zero-order valence-electron chi connectivity index (χ0n) is 9.77. The fraction of sp³-hybridized carbons (Fsp3) is 0.500. The van der Waals surface area contributed by atoms with Crippen LogP contribution in [0.3, 0.4) is 0 Å². The first-order chi connectivity index (χ1) is 8.01. The van der Waals surface area contributed by atoms with Crippen LogP contribution in [-0.2, 0) is 10.0 Å². The minimum absolute atomic E-state index is 0.166. The third kappa shape index (κ3) is 2.72. The van der Waals surface area contributed by atoms with Crippen molar-refractivity contribution in [2.45, 2.75) is 36.6 Å². The van der Waals surface area contributed by atoms with Gasteiger partial charge in [0.2, 0.25) is 10.0 Å². The van der Waals surface area contributed by atoms with Crippen molar-refractivity contribution < 1.29 is 8.42 Å². The monoisotopic (exact) mass is 317 g/mol. The van der Waals surface area contributed by atoms with Crippen LogP contribution in [0, 0.1) is 0 Å². The fourth-order valence-electron chi connectivity index (χ4n) is 2.26. The number of nitrogens with zero attached hydrogens (tertiary/aromatic N) is 1. The Balaban J connectivity index is 2.29. The molecule has 0 unspecified atom stereocenters. The molecule has 1 saturated carbocycles. The van der Waals surface area contributed by atoms with E-state index in [2.05, 4.69) is 15.9 Å². The average Bonchev–Trinajstić information content (AvgIpc) is 2.81. The summed E-state index contributed by atoms with van der Waals surface area (Å²) in [5, 5.41) is 0. The topological polar surface area (TPSA) is 37.4 Å². The van der Waals surface area contributed by atoms with Crippen molar-refractivity contribution in [3.05, 3.63) is 28.7 Å². The molecule has 0 N–H and O–H groups in total. The standard InChI is InChI=1S/C12H16BrNO2S/c1-14(11-6-2-3-7-11)17(15,16)12-8-4-5-10(13)9-12/h4-5,8-9,11H,2-3,6-7H2,1H3. The Hall–Kier alpha value is -0.390. The molecule has 1 aromatic carbocycles. The smallest absolute Gasteiger partial charge is 0.207 e. The first-order valence-corrected chi connectivity index (χ1v) is 7.99. The molecule has 94 valence electrons. The first kappa shape index (κ1) is 13.1. The molecule has 3 nitrogen and oxygen atoms in total. The van der Waals surface area contributed by atoms with Gasteiger partial charge in [-0.05, 0) is 31.0 Å². The predicted octanol–water partition coefficient (Wildman–Crippen LogP) is 3.01. The number of halogens is 1. The Labute approximate surface area is 111 Å². The van der Waals surface area contributed by atoms with Crippen molar-refractivity contribution in [1.82, 2.24) is 4.31 Å². The summed E-state index contributed by atoms with van der Waals surface area (Å²) >= 11 is 3.30. The lowest BCUT2D eigenvalue weighted by molar-refractivity contribution is 0.373. The van der Waals surface area contributed by atoms with E-state index in [9.17, 15) is 8.42 Å². The van der Waals surface area contributed by atoms with Crippen LogP contribution in [0.4, 0.5) is 0 Å². The van der Waals surface area contributed by atoms with E-state index in [0.717, 1.165) is 30.2 Å². The molecule has 0 atom stereocenters. The third-order valence-electron chi connectivity index (χ3n) is 3.31. The van der Waals surface area contributed by atoms with Gasteiger partial charge >= 0.3 is 0 Å². The molecule has 1 fully saturated rings. The maximum Gasteiger partial charge on any atom is 0.243 e. The van der Waals surface area contributed by atoms with Crippen LogP contribution in [0.2, 0.25) is 0 Å². The van der Waals surface area contributed by atoms with Crippen LogP contribution in [0.15, 0.2) is 33.6 Å². The van der Waals surface area contributed by atoms with Crippen LogP contribution in [0.25, 0.3) is 0 Å². The van der Waals surface area contributed by atoms with E-state index in [4.69, 9.17) is 0 Å². The number of hydrogen-bond acceptors (Lipinski definition) is 2. The van der Waals surface area contributed by atoms with E-state index < -0.39 is 10.0 Å². The fourth-order valence-corrected chi connectivity index (χ4v) is 4.27. The maximum atomic E-state index is 12.4. The molecule has 17 heavy (non-hydrogen) atoms. The predicted molar refractivity (Wildman–Crippen MR) is 71.3 cm³/mol. The summed E-state index contributed by atoms with van der Waals surface area (Å²) in [6, 6.07) is 7.04. The van der Waals surface area contributed by atoms with Crippen LogP contribution < -0.4 is 0 Å². The van der Waals surface area contributed by atoms with Crippen molar-refractivity contribution in [2.24, 2.45) is 0 Å². The van der Waals surface area contributed by atoms with Crippen molar-refractivity contribution in [3.8, 4) is 0 Å². The Bertz CT molecular complexity index is 495. The lowest BCUT2D eigenvalue weighted by atomic mass is 10.3. The highest BCUT2D eigenvalue weighted by Gasteiger charge is 2.29. The normalized spacial score (nSPS) is 17.8. The number of hydrogen-bond donors (Lipinski definition) is 0. The van der Waals surface area contributed by atoms with Gasteiger partial charge in [-0.25, -0.2) is 8.42 Å². The molecule has 0 aliphatic heterocycles. The molecule has 5 heteroatoms. The average molecular weight is 318 g/mol. The molecule has 1 aromatic rings. The largest absolute Gasteiger partial charge is 0.243 e. The highest BCUT2D eigenvalue weighted by atomic mass is 79.9. The summed E-state index contributed by atoms with van der Waals surface area (Å²) in [7, 11) is -1.65. The molecular weight excluding hydrogens is 302 g/mol. The van der Waals surface area contributed by atoms with Gasteiger partial charge in [0.1, 0.15) is 0 Å². The van der Waals surface area contributed by atoms with Crippen molar-refractivity contribution in [3.63, 3.8) is 0 Å². The molecule has 0 bridgehead atoms. The van der Waals surface area contributed by atoms with Gasteiger partial charge in [-0.1, -0.05) is 34.8 Å². The van der Waals surface area contributed by atoms with E-state index >= 15 is 0 Å². The summed E-state index contributed by atoms with van der Waals surface area (Å²) in [6.45, 7) is 0. The minimum Gasteiger partial charge on any atom is -0.207 e. The molecule has 0 radical (unpaired) electrons.